The number of aliphatic hydroxyl groups excluding tert-OH is 1. The highest BCUT2D eigenvalue weighted by Crippen LogP contribution is 2.41. The molecule has 0 aromatic rings. The van der Waals surface area contributed by atoms with Crippen molar-refractivity contribution in [3.63, 3.8) is 0 Å². The maximum atomic E-state index is 9.83. The van der Waals surface area contributed by atoms with Crippen molar-refractivity contribution in [1.82, 2.24) is 5.32 Å². The number of piperidine rings is 1. The maximum Gasteiger partial charge on any atom is 0.164 e. The van der Waals surface area contributed by atoms with E-state index in [2.05, 4.69) is 12.2 Å². The first-order valence-corrected chi connectivity index (χ1v) is 5.14. The Hall–Kier alpha value is -0.160. The lowest BCUT2D eigenvalue weighted by Gasteiger charge is -2.42. The molecule has 0 saturated carbocycles. The quantitative estimate of drug-likeness (QED) is 0.590. The van der Waals surface area contributed by atoms with E-state index >= 15 is 0 Å². The largest absolute Gasteiger partial charge is 0.389 e. The van der Waals surface area contributed by atoms with Crippen molar-refractivity contribution in [2.45, 2.75) is 57.3 Å². The molecule has 2 aliphatic rings. The van der Waals surface area contributed by atoms with E-state index in [-0.39, 0.29) is 12.1 Å². The zero-order valence-corrected chi connectivity index (χ0v) is 9.20. The molecular formula is C10H19NO3. The van der Waals surface area contributed by atoms with E-state index in [0.29, 0.717) is 6.54 Å². The van der Waals surface area contributed by atoms with Crippen molar-refractivity contribution in [3.8, 4) is 0 Å². The highest BCUT2D eigenvalue weighted by molar-refractivity contribution is 5.06. The van der Waals surface area contributed by atoms with Crippen molar-refractivity contribution in [1.29, 1.82) is 0 Å². The summed E-state index contributed by atoms with van der Waals surface area (Å²) in [6, 6.07) is 0.192. The van der Waals surface area contributed by atoms with Crippen LogP contribution in [0, 0.1) is 0 Å². The van der Waals surface area contributed by atoms with Crippen LogP contribution in [0.5, 0.6) is 0 Å². The zero-order valence-electron chi connectivity index (χ0n) is 9.20. The summed E-state index contributed by atoms with van der Waals surface area (Å²) >= 11 is 0. The molecule has 2 N–H and O–H groups in total. The molecule has 4 atom stereocenters. The van der Waals surface area contributed by atoms with Gasteiger partial charge in [-0.25, -0.2) is 0 Å². The highest BCUT2D eigenvalue weighted by Gasteiger charge is 2.57. The van der Waals surface area contributed by atoms with E-state index in [9.17, 15) is 5.11 Å². The van der Waals surface area contributed by atoms with Gasteiger partial charge in [0.05, 0.1) is 6.10 Å². The molecule has 2 aliphatic heterocycles. The number of aliphatic hydroxyl groups is 1. The second-order valence-corrected chi connectivity index (χ2v) is 4.92. The summed E-state index contributed by atoms with van der Waals surface area (Å²) in [6.07, 6.45) is -0.716. The number of rotatable bonds is 0. The van der Waals surface area contributed by atoms with Crippen molar-refractivity contribution in [3.05, 3.63) is 0 Å². The lowest BCUT2D eigenvalue weighted by atomic mass is 9.84. The maximum absolute atomic E-state index is 9.83. The van der Waals surface area contributed by atoms with Gasteiger partial charge in [-0.2, -0.15) is 0 Å². The molecule has 0 amide bonds. The summed E-state index contributed by atoms with van der Waals surface area (Å²) in [6.45, 7) is 8.39. The third kappa shape index (κ3) is 1.37. The first-order chi connectivity index (χ1) is 6.35. The lowest BCUT2D eigenvalue weighted by Crippen LogP contribution is -2.64. The fourth-order valence-corrected chi connectivity index (χ4v) is 2.44. The zero-order chi connectivity index (χ0) is 10.6. The Morgan fingerprint density at radius 2 is 2.00 bits per heavy atom. The highest BCUT2D eigenvalue weighted by atomic mass is 16.8. The van der Waals surface area contributed by atoms with E-state index in [1.54, 1.807) is 0 Å². The van der Waals surface area contributed by atoms with Crippen molar-refractivity contribution >= 4 is 0 Å². The Kier molecular flexibility index (Phi) is 2.16. The molecular weight excluding hydrogens is 182 g/mol. The van der Waals surface area contributed by atoms with Crippen molar-refractivity contribution in [2.24, 2.45) is 0 Å². The molecule has 0 aliphatic carbocycles. The van der Waals surface area contributed by atoms with Gasteiger partial charge in [0.2, 0.25) is 0 Å². The molecule has 0 radical (unpaired) electrons. The number of β-amino-alcohol motifs (C(OH)–C–C–N with tert-alkyl or cyclic N) is 1. The lowest BCUT2D eigenvalue weighted by molar-refractivity contribution is -0.164. The fourth-order valence-electron chi connectivity index (χ4n) is 2.44. The van der Waals surface area contributed by atoms with Gasteiger partial charge in [0, 0.05) is 12.6 Å². The molecule has 4 nitrogen and oxygen atoms in total. The van der Waals surface area contributed by atoms with E-state index in [1.165, 1.54) is 0 Å². The fraction of sp³-hybridized carbons (Fsp3) is 1.00. The third-order valence-electron chi connectivity index (χ3n) is 3.28. The van der Waals surface area contributed by atoms with E-state index in [0.717, 1.165) is 0 Å². The first-order valence-electron chi connectivity index (χ1n) is 5.14. The Morgan fingerprint density at radius 3 is 2.57 bits per heavy atom. The summed E-state index contributed by atoms with van der Waals surface area (Å²) < 4.78 is 11.6. The number of hydrogen-bond acceptors (Lipinski definition) is 4. The van der Waals surface area contributed by atoms with Crippen LogP contribution < -0.4 is 5.32 Å². The van der Waals surface area contributed by atoms with Gasteiger partial charge in [-0.05, 0) is 27.7 Å². The second-order valence-electron chi connectivity index (χ2n) is 4.92. The van der Waals surface area contributed by atoms with Crippen LogP contribution in [-0.2, 0) is 9.47 Å². The number of hydrogen-bond donors (Lipinski definition) is 2. The van der Waals surface area contributed by atoms with Gasteiger partial charge in [-0.1, -0.05) is 0 Å². The van der Waals surface area contributed by atoms with Gasteiger partial charge in [-0.3, -0.25) is 0 Å². The molecule has 82 valence electrons. The topological polar surface area (TPSA) is 50.7 Å². The predicted octanol–water partition coefficient (Wildman–Crippen LogP) is 0.249. The predicted molar refractivity (Wildman–Crippen MR) is 51.9 cm³/mol. The summed E-state index contributed by atoms with van der Waals surface area (Å²) in [4.78, 5) is 0. The van der Waals surface area contributed by atoms with Gasteiger partial charge in [0.25, 0.3) is 0 Å². The molecule has 0 unspecified atom stereocenters. The van der Waals surface area contributed by atoms with Gasteiger partial charge in [0.1, 0.15) is 11.7 Å². The minimum Gasteiger partial charge on any atom is -0.389 e. The summed E-state index contributed by atoms with van der Waals surface area (Å²) in [5, 5.41) is 13.1. The number of fused-ring (bicyclic) bond motifs is 1. The van der Waals surface area contributed by atoms with Crippen LogP contribution in [0.15, 0.2) is 0 Å². The van der Waals surface area contributed by atoms with E-state index in [1.807, 2.05) is 20.8 Å². The molecule has 2 heterocycles. The van der Waals surface area contributed by atoms with E-state index in [4.69, 9.17) is 9.47 Å². The van der Waals surface area contributed by atoms with Crippen LogP contribution in [0.3, 0.4) is 0 Å². The van der Waals surface area contributed by atoms with Gasteiger partial charge in [0.15, 0.2) is 5.79 Å². The van der Waals surface area contributed by atoms with Crippen molar-refractivity contribution in [2.75, 3.05) is 6.54 Å². The van der Waals surface area contributed by atoms with Crippen molar-refractivity contribution < 1.29 is 14.6 Å². The number of ether oxygens (including phenoxy) is 2. The molecule has 14 heavy (non-hydrogen) atoms. The molecule has 0 aromatic heterocycles. The van der Waals surface area contributed by atoms with E-state index < -0.39 is 17.5 Å². The van der Waals surface area contributed by atoms with Crippen LogP contribution in [0.25, 0.3) is 0 Å². The Bertz CT molecular complexity index is 244. The second kappa shape index (κ2) is 2.92. The molecule has 2 fully saturated rings. The molecule has 2 rings (SSSR count). The average molecular weight is 201 g/mol. The van der Waals surface area contributed by atoms with Crippen LogP contribution in [-0.4, -0.2) is 41.3 Å². The van der Waals surface area contributed by atoms with Crippen LogP contribution in [0.4, 0.5) is 0 Å². The Balaban J connectivity index is 2.28. The molecule has 2 saturated heterocycles. The molecule has 0 bridgehead atoms. The minimum atomic E-state index is -0.597. The van der Waals surface area contributed by atoms with Crippen LogP contribution >= 0.6 is 0 Å². The van der Waals surface area contributed by atoms with Crippen LogP contribution in [0.1, 0.15) is 27.7 Å². The van der Waals surface area contributed by atoms with Gasteiger partial charge >= 0.3 is 0 Å². The van der Waals surface area contributed by atoms with Gasteiger partial charge < -0.3 is 19.9 Å². The Morgan fingerprint density at radius 1 is 1.36 bits per heavy atom. The smallest absolute Gasteiger partial charge is 0.164 e. The SMILES string of the molecule is C[C@H]1NC[C@@H](O)[C@@H]2OC(C)(C)O[C@]12C. The average Bonchev–Trinajstić information content (AvgIpc) is 2.31. The number of nitrogens with one attached hydrogen (secondary N) is 1. The normalized spacial score (nSPS) is 51.6. The minimum absolute atomic E-state index is 0.192. The summed E-state index contributed by atoms with van der Waals surface area (Å²) in [5.74, 6) is -0.597. The summed E-state index contributed by atoms with van der Waals surface area (Å²) in [7, 11) is 0. The van der Waals surface area contributed by atoms with Gasteiger partial charge in [-0.15, -0.1) is 0 Å². The summed E-state index contributed by atoms with van der Waals surface area (Å²) in [5.41, 5.74) is -0.429. The van der Waals surface area contributed by atoms with Crippen LogP contribution in [0.2, 0.25) is 0 Å². The molecule has 4 heteroatoms. The Labute approximate surface area is 84.6 Å². The molecule has 0 spiro atoms. The standard InChI is InChI=1S/C10H19NO3/c1-6-10(4)8(7(12)5-11-6)13-9(2,3)14-10/h6-8,11-12H,5H2,1-4H3/t6-,7-,8+,10-/m1/s1. The first kappa shape index (κ1) is 10.4. The monoisotopic (exact) mass is 201 g/mol. The third-order valence-corrected chi connectivity index (χ3v) is 3.28. The molecule has 0 aromatic carbocycles.